The summed E-state index contributed by atoms with van der Waals surface area (Å²) < 4.78 is 0. The molecule has 0 saturated heterocycles. The molecule has 4 heteroatoms. The lowest BCUT2D eigenvalue weighted by Gasteiger charge is -2.22. The van der Waals surface area contributed by atoms with E-state index in [1.54, 1.807) is 17.3 Å². The third kappa shape index (κ3) is 2.07. The minimum atomic E-state index is -0.253. The van der Waals surface area contributed by atoms with Crippen LogP contribution in [0.25, 0.3) is 0 Å². The number of carbonyl (C=O) groups is 1. The van der Waals surface area contributed by atoms with Crippen LogP contribution in [0.15, 0.2) is 24.5 Å². The highest BCUT2D eigenvalue weighted by atomic mass is 16.2. The normalized spacial score (nSPS) is 16.9. The first kappa shape index (κ1) is 11.1. The van der Waals surface area contributed by atoms with Crippen LogP contribution in [0.4, 0.5) is 0 Å². The van der Waals surface area contributed by atoms with Crippen LogP contribution in [-0.4, -0.2) is 29.4 Å². The van der Waals surface area contributed by atoms with Crippen molar-refractivity contribution in [2.24, 2.45) is 11.1 Å². The molecular weight excluding hydrogens is 202 g/mol. The molecule has 2 rings (SSSR count). The van der Waals surface area contributed by atoms with E-state index in [-0.39, 0.29) is 11.3 Å². The fourth-order valence-electron chi connectivity index (χ4n) is 1.90. The summed E-state index contributed by atoms with van der Waals surface area (Å²) in [6, 6.07) is 3.85. The Hall–Kier alpha value is -1.42. The van der Waals surface area contributed by atoms with Crippen LogP contribution in [-0.2, 0) is 11.3 Å². The fourth-order valence-corrected chi connectivity index (χ4v) is 1.90. The first-order valence-electron chi connectivity index (χ1n) is 5.52. The molecule has 2 N–H and O–H groups in total. The Morgan fingerprint density at radius 3 is 2.88 bits per heavy atom. The minimum absolute atomic E-state index is 0.166. The Morgan fingerprint density at radius 2 is 2.38 bits per heavy atom. The van der Waals surface area contributed by atoms with Crippen molar-refractivity contribution in [1.29, 1.82) is 0 Å². The van der Waals surface area contributed by atoms with Gasteiger partial charge in [-0.15, -0.1) is 0 Å². The van der Waals surface area contributed by atoms with E-state index in [1.807, 2.05) is 19.2 Å². The van der Waals surface area contributed by atoms with Crippen LogP contribution in [0.2, 0.25) is 0 Å². The quantitative estimate of drug-likeness (QED) is 0.814. The molecule has 4 nitrogen and oxygen atoms in total. The van der Waals surface area contributed by atoms with Gasteiger partial charge in [-0.3, -0.25) is 9.78 Å². The van der Waals surface area contributed by atoms with E-state index in [1.165, 1.54) is 0 Å². The second-order valence-electron chi connectivity index (χ2n) is 4.51. The molecule has 0 aliphatic heterocycles. The van der Waals surface area contributed by atoms with Crippen LogP contribution in [0, 0.1) is 5.41 Å². The fraction of sp³-hybridized carbons (Fsp3) is 0.500. The number of hydrogen-bond acceptors (Lipinski definition) is 3. The summed E-state index contributed by atoms with van der Waals surface area (Å²) in [5.41, 5.74) is 6.44. The van der Waals surface area contributed by atoms with Crippen molar-refractivity contribution < 1.29 is 4.79 Å². The predicted octanol–water partition coefficient (Wildman–Crippen LogP) is 0.779. The minimum Gasteiger partial charge on any atom is -0.341 e. The van der Waals surface area contributed by atoms with E-state index in [9.17, 15) is 4.79 Å². The Kier molecular flexibility index (Phi) is 2.92. The molecule has 0 spiro atoms. The Labute approximate surface area is 95.5 Å². The van der Waals surface area contributed by atoms with Crippen molar-refractivity contribution in [3.05, 3.63) is 30.1 Å². The average Bonchev–Trinajstić information content (AvgIpc) is 3.10. The van der Waals surface area contributed by atoms with Gasteiger partial charge in [0.2, 0.25) is 5.91 Å². The highest BCUT2D eigenvalue weighted by molar-refractivity contribution is 5.85. The number of carbonyl (C=O) groups excluding carboxylic acids is 1. The summed E-state index contributed by atoms with van der Waals surface area (Å²) in [6.45, 7) is 1.07. The molecule has 0 aromatic carbocycles. The molecule has 16 heavy (non-hydrogen) atoms. The zero-order valence-electron chi connectivity index (χ0n) is 9.52. The summed E-state index contributed by atoms with van der Waals surface area (Å²) in [6.07, 6.45) is 5.37. The first-order chi connectivity index (χ1) is 7.68. The lowest BCUT2D eigenvalue weighted by atomic mass is 10.1. The number of hydrogen-bond donors (Lipinski definition) is 1. The summed E-state index contributed by atoms with van der Waals surface area (Å²) in [5, 5.41) is 0. The van der Waals surface area contributed by atoms with Gasteiger partial charge in [0.05, 0.1) is 5.41 Å². The molecule has 0 atom stereocenters. The molecule has 1 saturated carbocycles. The van der Waals surface area contributed by atoms with Gasteiger partial charge >= 0.3 is 0 Å². The predicted molar refractivity (Wildman–Crippen MR) is 61.4 cm³/mol. The molecule has 1 fully saturated rings. The van der Waals surface area contributed by atoms with Crippen molar-refractivity contribution in [2.45, 2.75) is 19.4 Å². The van der Waals surface area contributed by atoms with Gasteiger partial charge in [-0.25, -0.2) is 0 Å². The zero-order chi connectivity index (χ0) is 11.6. The Morgan fingerprint density at radius 1 is 1.62 bits per heavy atom. The smallest absolute Gasteiger partial charge is 0.230 e. The molecule has 0 bridgehead atoms. The highest BCUT2D eigenvalue weighted by Crippen LogP contribution is 2.46. The lowest BCUT2D eigenvalue weighted by molar-refractivity contribution is -0.135. The average molecular weight is 219 g/mol. The highest BCUT2D eigenvalue weighted by Gasteiger charge is 2.49. The van der Waals surface area contributed by atoms with Gasteiger partial charge in [-0.2, -0.15) is 0 Å². The molecule has 1 aromatic heterocycles. The van der Waals surface area contributed by atoms with Gasteiger partial charge in [0.25, 0.3) is 0 Å². The maximum atomic E-state index is 12.1. The number of aromatic nitrogens is 1. The SMILES string of the molecule is CN(Cc1cccnc1)C(=O)C1(CN)CC1. The maximum Gasteiger partial charge on any atom is 0.230 e. The van der Waals surface area contributed by atoms with E-state index in [0.29, 0.717) is 13.1 Å². The van der Waals surface area contributed by atoms with E-state index in [2.05, 4.69) is 4.98 Å². The summed E-state index contributed by atoms with van der Waals surface area (Å²) in [4.78, 5) is 17.9. The molecule has 1 aliphatic rings. The summed E-state index contributed by atoms with van der Waals surface area (Å²) in [7, 11) is 1.82. The van der Waals surface area contributed by atoms with Crippen LogP contribution < -0.4 is 5.73 Å². The van der Waals surface area contributed by atoms with Crippen LogP contribution in [0.1, 0.15) is 18.4 Å². The Balaban J connectivity index is 1.99. The number of nitrogens with zero attached hydrogens (tertiary/aromatic N) is 2. The van der Waals surface area contributed by atoms with Gasteiger partial charge in [-0.1, -0.05) is 6.07 Å². The number of pyridine rings is 1. The van der Waals surface area contributed by atoms with Crippen LogP contribution in [0.5, 0.6) is 0 Å². The van der Waals surface area contributed by atoms with Crippen molar-refractivity contribution in [1.82, 2.24) is 9.88 Å². The maximum absolute atomic E-state index is 12.1. The summed E-state index contributed by atoms with van der Waals surface area (Å²) in [5.74, 6) is 0.166. The van der Waals surface area contributed by atoms with Gasteiger partial charge < -0.3 is 10.6 Å². The topological polar surface area (TPSA) is 59.2 Å². The second-order valence-corrected chi connectivity index (χ2v) is 4.51. The largest absolute Gasteiger partial charge is 0.341 e. The Bertz CT molecular complexity index is 373. The van der Waals surface area contributed by atoms with Crippen molar-refractivity contribution in [3.63, 3.8) is 0 Å². The lowest BCUT2D eigenvalue weighted by Crippen LogP contribution is -2.37. The molecule has 1 heterocycles. The third-order valence-electron chi connectivity index (χ3n) is 3.19. The van der Waals surface area contributed by atoms with Gasteiger partial charge in [0.1, 0.15) is 0 Å². The van der Waals surface area contributed by atoms with Crippen molar-refractivity contribution in [3.8, 4) is 0 Å². The van der Waals surface area contributed by atoms with Gasteiger partial charge in [0.15, 0.2) is 0 Å². The third-order valence-corrected chi connectivity index (χ3v) is 3.19. The number of amides is 1. The molecule has 1 aliphatic carbocycles. The monoisotopic (exact) mass is 219 g/mol. The molecule has 1 aromatic rings. The molecule has 1 amide bonds. The molecule has 0 unspecified atom stereocenters. The second kappa shape index (κ2) is 4.22. The van der Waals surface area contributed by atoms with Crippen LogP contribution >= 0.6 is 0 Å². The van der Waals surface area contributed by atoms with Crippen LogP contribution in [0.3, 0.4) is 0 Å². The van der Waals surface area contributed by atoms with E-state index in [0.717, 1.165) is 18.4 Å². The molecule has 86 valence electrons. The summed E-state index contributed by atoms with van der Waals surface area (Å²) >= 11 is 0. The zero-order valence-corrected chi connectivity index (χ0v) is 9.52. The number of rotatable bonds is 4. The van der Waals surface area contributed by atoms with Crippen molar-refractivity contribution in [2.75, 3.05) is 13.6 Å². The van der Waals surface area contributed by atoms with Gasteiger partial charge in [0, 0.05) is 32.5 Å². The van der Waals surface area contributed by atoms with Crippen molar-refractivity contribution >= 4 is 5.91 Å². The van der Waals surface area contributed by atoms with E-state index < -0.39 is 0 Å². The van der Waals surface area contributed by atoms with E-state index >= 15 is 0 Å². The van der Waals surface area contributed by atoms with E-state index in [4.69, 9.17) is 5.73 Å². The van der Waals surface area contributed by atoms with Gasteiger partial charge in [-0.05, 0) is 24.5 Å². The standard InChI is InChI=1S/C12H17N3O/c1-15(8-10-3-2-6-14-7-10)11(16)12(9-13)4-5-12/h2-3,6-7H,4-5,8-9,13H2,1H3. The molecular formula is C12H17N3O. The molecule has 0 radical (unpaired) electrons. The first-order valence-corrected chi connectivity index (χ1v) is 5.52. The number of nitrogens with two attached hydrogens (primary N) is 1.